The highest BCUT2D eigenvalue weighted by atomic mass is 35.5. The summed E-state index contributed by atoms with van der Waals surface area (Å²) in [7, 11) is 0. The van der Waals surface area contributed by atoms with Gasteiger partial charge in [-0.1, -0.05) is 35.9 Å². The van der Waals surface area contributed by atoms with Crippen LogP contribution in [0.5, 0.6) is 0 Å². The minimum absolute atomic E-state index is 0.0430. The van der Waals surface area contributed by atoms with Gasteiger partial charge in [-0.05, 0) is 30.7 Å². The number of nitrogens with one attached hydrogen (secondary N) is 1. The summed E-state index contributed by atoms with van der Waals surface area (Å²) in [5, 5.41) is 3.71. The summed E-state index contributed by atoms with van der Waals surface area (Å²) in [6, 6.07) is 11.2. The lowest BCUT2D eigenvalue weighted by atomic mass is 10.1. The first-order valence-corrected chi connectivity index (χ1v) is 6.38. The van der Waals surface area contributed by atoms with Gasteiger partial charge in [0.05, 0.1) is 0 Å². The summed E-state index contributed by atoms with van der Waals surface area (Å²) in [5.41, 5.74) is 0.947. The summed E-state index contributed by atoms with van der Waals surface area (Å²) in [4.78, 5) is 0. The third-order valence-corrected chi connectivity index (χ3v) is 3.36. The second-order valence-electron chi connectivity index (χ2n) is 4.32. The van der Waals surface area contributed by atoms with Crippen LogP contribution in [0.2, 0.25) is 5.02 Å². The Bertz CT molecular complexity index is 552. The monoisotopic (exact) mass is 281 g/mol. The van der Waals surface area contributed by atoms with E-state index < -0.39 is 11.6 Å². The highest BCUT2D eigenvalue weighted by molar-refractivity contribution is 6.31. The number of benzene rings is 2. The molecular formula is C15H14ClF2N. The average molecular weight is 282 g/mol. The molecule has 4 heteroatoms. The molecule has 100 valence electrons. The predicted molar refractivity (Wildman–Crippen MR) is 73.1 cm³/mol. The minimum Gasteiger partial charge on any atom is -0.306 e. The molecule has 0 saturated heterocycles. The highest BCUT2D eigenvalue weighted by Gasteiger charge is 2.12. The molecule has 0 aromatic heterocycles. The van der Waals surface area contributed by atoms with Crippen LogP contribution in [0.25, 0.3) is 0 Å². The minimum atomic E-state index is -0.543. The van der Waals surface area contributed by atoms with Gasteiger partial charge in [0.15, 0.2) is 0 Å². The summed E-state index contributed by atoms with van der Waals surface area (Å²) in [6.45, 7) is 2.02. The fourth-order valence-corrected chi connectivity index (χ4v) is 2.19. The van der Waals surface area contributed by atoms with E-state index in [1.807, 2.05) is 25.1 Å². The third kappa shape index (κ3) is 3.31. The average Bonchev–Trinajstić information content (AvgIpc) is 2.38. The second kappa shape index (κ2) is 6.13. The Kier molecular flexibility index (Phi) is 4.51. The lowest BCUT2D eigenvalue weighted by Crippen LogP contribution is -2.20. The molecule has 1 nitrogen and oxygen atoms in total. The number of halogens is 3. The molecule has 19 heavy (non-hydrogen) atoms. The SMILES string of the molecule is C[C@H](NCc1c(F)cccc1F)c1ccccc1Cl. The zero-order valence-electron chi connectivity index (χ0n) is 10.5. The standard InChI is InChI=1S/C15H14ClF2N/c1-10(11-5-2-3-6-13(11)16)19-9-12-14(17)7-4-8-15(12)18/h2-8,10,19H,9H2,1H3/t10-/m0/s1. The molecule has 0 fully saturated rings. The first-order valence-electron chi connectivity index (χ1n) is 6.00. The lowest BCUT2D eigenvalue weighted by molar-refractivity contribution is 0.509. The zero-order chi connectivity index (χ0) is 13.8. The van der Waals surface area contributed by atoms with Crippen molar-refractivity contribution in [3.05, 3.63) is 70.2 Å². The fraction of sp³-hybridized carbons (Fsp3) is 0.200. The molecule has 0 bridgehead atoms. The van der Waals surface area contributed by atoms with Crippen LogP contribution in [-0.4, -0.2) is 0 Å². The van der Waals surface area contributed by atoms with Crippen LogP contribution >= 0.6 is 11.6 Å². The zero-order valence-corrected chi connectivity index (χ0v) is 11.2. The molecule has 0 spiro atoms. The summed E-state index contributed by atoms with van der Waals surface area (Å²) >= 11 is 6.08. The number of hydrogen-bond acceptors (Lipinski definition) is 1. The molecule has 0 aliphatic rings. The molecular weight excluding hydrogens is 268 g/mol. The topological polar surface area (TPSA) is 12.0 Å². The van der Waals surface area contributed by atoms with Crippen LogP contribution in [0, 0.1) is 11.6 Å². The van der Waals surface area contributed by atoms with E-state index in [0.29, 0.717) is 5.02 Å². The van der Waals surface area contributed by atoms with Gasteiger partial charge in [0.1, 0.15) is 11.6 Å². The summed E-state index contributed by atoms with van der Waals surface area (Å²) in [5.74, 6) is -1.09. The van der Waals surface area contributed by atoms with Gasteiger partial charge in [0, 0.05) is 23.2 Å². The van der Waals surface area contributed by atoms with Crippen molar-refractivity contribution in [3.8, 4) is 0 Å². The Morgan fingerprint density at radius 1 is 1.05 bits per heavy atom. The van der Waals surface area contributed by atoms with Crippen molar-refractivity contribution < 1.29 is 8.78 Å². The first kappa shape index (κ1) is 14.0. The maximum atomic E-state index is 13.5. The van der Waals surface area contributed by atoms with Gasteiger partial charge in [-0.25, -0.2) is 8.78 Å². The van der Waals surface area contributed by atoms with E-state index in [9.17, 15) is 8.78 Å². The molecule has 0 unspecified atom stereocenters. The molecule has 2 rings (SSSR count). The normalized spacial score (nSPS) is 12.4. The molecule has 2 aromatic rings. The maximum absolute atomic E-state index is 13.5. The van der Waals surface area contributed by atoms with Crippen LogP contribution in [0.1, 0.15) is 24.1 Å². The Morgan fingerprint density at radius 2 is 1.68 bits per heavy atom. The number of hydrogen-bond donors (Lipinski definition) is 1. The Labute approximate surface area is 116 Å². The molecule has 0 saturated carbocycles. The van der Waals surface area contributed by atoms with Crippen LogP contribution in [-0.2, 0) is 6.54 Å². The first-order chi connectivity index (χ1) is 9.09. The second-order valence-corrected chi connectivity index (χ2v) is 4.73. The van der Waals surface area contributed by atoms with Crippen molar-refractivity contribution >= 4 is 11.6 Å². The van der Waals surface area contributed by atoms with Crippen LogP contribution in [0.4, 0.5) is 8.78 Å². The third-order valence-electron chi connectivity index (χ3n) is 3.02. The molecule has 0 amide bonds. The van der Waals surface area contributed by atoms with Gasteiger partial charge in [0.25, 0.3) is 0 Å². The van der Waals surface area contributed by atoms with Crippen molar-refractivity contribution in [3.63, 3.8) is 0 Å². The van der Waals surface area contributed by atoms with Crippen molar-refractivity contribution in [1.82, 2.24) is 5.32 Å². The Morgan fingerprint density at radius 3 is 2.32 bits per heavy atom. The van der Waals surface area contributed by atoms with E-state index >= 15 is 0 Å². The van der Waals surface area contributed by atoms with Gasteiger partial charge in [-0.3, -0.25) is 0 Å². The van der Waals surface area contributed by atoms with Crippen molar-refractivity contribution in [2.45, 2.75) is 19.5 Å². The van der Waals surface area contributed by atoms with Crippen LogP contribution in [0.3, 0.4) is 0 Å². The van der Waals surface area contributed by atoms with Crippen molar-refractivity contribution in [1.29, 1.82) is 0 Å². The molecule has 0 aliphatic carbocycles. The van der Waals surface area contributed by atoms with Gasteiger partial charge in [-0.15, -0.1) is 0 Å². The predicted octanol–water partition coefficient (Wildman–Crippen LogP) is 4.47. The van der Waals surface area contributed by atoms with E-state index in [-0.39, 0.29) is 18.2 Å². The van der Waals surface area contributed by atoms with E-state index in [4.69, 9.17) is 11.6 Å². The molecule has 2 aromatic carbocycles. The van der Waals surface area contributed by atoms with Gasteiger partial charge < -0.3 is 5.32 Å². The largest absolute Gasteiger partial charge is 0.306 e. The van der Waals surface area contributed by atoms with E-state index in [1.54, 1.807) is 6.07 Å². The lowest BCUT2D eigenvalue weighted by Gasteiger charge is -2.16. The van der Waals surface area contributed by atoms with Crippen molar-refractivity contribution in [2.75, 3.05) is 0 Å². The van der Waals surface area contributed by atoms with Gasteiger partial charge in [0.2, 0.25) is 0 Å². The van der Waals surface area contributed by atoms with Crippen LogP contribution in [0.15, 0.2) is 42.5 Å². The summed E-state index contributed by atoms with van der Waals surface area (Å²) < 4.78 is 27.0. The smallest absolute Gasteiger partial charge is 0.130 e. The van der Waals surface area contributed by atoms with E-state index in [2.05, 4.69) is 5.32 Å². The van der Waals surface area contributed by atoms with E-state index in [0.717, 1.165) is 5.56 Å². The maximum Gasteiger partial charge on any atom is 0.130 e. The molecule has 1 atom stereocenters. The van der Waals surface area contributed by atoms with Crippen LogP contribution < -0.4 is 5.32 Å². The fourth-order valence-electron chi connectivity index (χ4n) is 1.89. The highest BCUT2D eigenvalue weighted by Crippen LogP contribution is 2.23. The van der Waals surface area contributed by atoms with E-state index in [1.165, 1.54) is 18.2 Å². The van der Waals surface area contributed by atoms with Gasteiger partial charge in [-0.2, -0.15) is 0 Å². The van der Waals surface area contributed by atoms with Crippen molar-refractivity contribution in [2.24, 2.45) is 0 Å². The molecule has 0 aliphatic heterocycles. The summed E-state index contributed by atoms with van der Waals surface area (Å²) in [6.07, 6.45) is 0. The molecule has 1 N–H and O–H groups in total. The quantitative estimate of drug-likeness (QED) is 0.872. The molecule has 0 heterocycles. The van der Waals surface area contributed by atoms with Gasteiger partial charge >= 0.3 is 0 Å². The molecule has 0 radical (unpaired) electrons. The number of rotatable bonds is 4. The Balaban J connectivity index is 2.09. The Hall–Kier alpha value is -1.45.